The Morgan fingerprint density at radius 1 is 1.69 bits per heavy atom. The molecule has 1 amide bonds. The zero-order valence-electron chi connectivity index (χ0n) is 8.20. The lowest BCUT2D eigenvalue weighted by molar-refractivity contribution is -0.127. The summed E-state index contributed by atoms with van der Waals surface area (Å²) in [5, 5.41) is 0. The number of amides is 1. The Labute approximate surface area is 79.6 Å². The smallest absolute Gasteiger partial charge is 0.246 e. The van der Waals surface area contributed by atoms with Crippen LogP contribution in [0, 0.1) is 5.92 Å². The van der Waals surface area contributed by atoms with Crippen molar-refractivity contribution in [3.8, 4) is 0 Å². The second kappa shape index (κ2) is 5.02. The first-order chi connectivity index (χ1) is 6.27. The molecular formula is C10H18N2O. The van der Waals surface area contributed by atoms with E-state index in [-0.39, 0.29) is 5.91 Å². The standard InChI is InChI=1S/C10H18N2O/c1-2-4-10(13)12-6-3-5-9(7-11)8-12/h2,4,9H,3,5-8,11H2,1H3/b4-2+. The molecule has 13 heavy (non-hydrogen) atoms. The second-order valence-electron chi connectivity index (χ2n) is 3.53. The highest BCUT2D eigenvalue weighted by Crippen LogP contribution is 2.15. The lowest BCUT2D eigenvalue weighted by atomic mass is 9.98. The molecule has 1 rings (SSSR count). The van der Waals surface area contributed by atoms with Crippen molar-refractivity contribution in [2.75, 3.05) is 19.6 Å². The first-order valence-corrected chi connectivity index (χ1v) is 4.89. The summed E-state index contributed by atoms with van der Waals surface area (Å²) in [7, 11) is 0. The molecule has 74 valence electrons. The predicted octanol–water partition coefficient (Wildman–Crippen LogP) is 0.760. The average molecular weight is 182 g/mol. The van der Waals surface area contributed by atoms with E-state index in [0.717, 1.165) is 25.9 Å². The van der Waals surface area contributed by atoms with Gasteiger partial charge in [-0.25, -0.2) is 0 Å². The molecule has 3 nitrogen and oxygen atoms in total. The number of carbonyl (C=O) groups is 1. The van der Waals surface area contributed by atoms with Gasteiger partial charge < -0.3 is 10.6 Å². The van der Waals surface area contributed by atoms with Gasteiger partial charge in [0.2, 0.25) is 5.91 Å². The molecule has 1 unspecified atom stereocenters. The van der Waals surface area contributed by atoms with Gasteiger partial charge in [-0.15, -0.1) is 0 Å². The molecule has 0 radical (unpaired) electrons. The van der Waals surface area contributed by atoms with Crippen molar-refractivity contribution in [1.82, 2.24) is 4.90 Å². The molecule has 0 bridgehead atoms. The summed E-state index contributed by atoms with van der Waals surface area (Å²) in [4.78, 5) is 13.3. The number of allylic oxidation sites excluding steroid dienone is 1. The Hall–Kier alpha value is -0.830. The summed E-state index contributed by atoms with van der Waals surface area (Å²) >= 11 is 0. The van der Waals surface area contributed by atoms with Crippen molar-refractivity contribution in [1.29, 1.82) is 0 Å². The summed E-state index contributed by atoms with van der Waals surface area (Å²) in [6.07, 6.45) is 5.66. The molecule has 1 heterocycles. The van der Waals surface area contributed by atoms with Crippen LogP contribution in [0.25, 0.3) is 0 Å². The number of hydrogen-bond acceptors (Lipinski definition) is 2. The molecular weight excluding hydrogens is 164 g/mol. The zero-order chi connectivity index (χ0) is 9.68. The Bertz CT molecular complexity index is 201. The van der Waals surface area contributed by atoms with Gasteiger partial charge in [0, 0.05) is 13.1 Å². The third kappa shape index (κ3) is 2.84. The fraction of sp³-hybridized carbons (Fsp3) is 0.700. The van der Waals surface area contributed by atoms with E-state index < -0.39 is 0 Å². The molecule has 2 N–H and O–H groups in total. The summed E-state index contributed by atoms with van der Waals surface area (Å²) in [5.41, 5.74) is 5.58. The van der Waals surface area contributed by atoms with Crippen LogP contribution in [0.3, 0.4) is 0 Å². The maximum atomic E-state index is 11.5. The third-order valence-corrected chi connectivity index (χ3v) is 2.47. The van der Waals surface area contributed by atoms with Crippen molar-refractivity contribution >= 4 is 5.91 Å². The van der Waals surface area contributed by atoms with E-state index in [4.69, 9.17) is 5.73 Å². The Morgan fingerprint density at radius 3 is 3.08 bits per heavy atom. The number of rotatable bonds is 2. The van der Waals surface area contributed by atoms with Gasteiger partial charge in [0.1, 0.15) is 0 Å². The highest BCUT2D eigenvalue weighted by molar-refractivity contribution is 5.87. The maximum absolute atomic E-state index is 11.5. The quantitative estimate of drug-likeness (QED) is 0.641. The topological polar surface area (TPSA) is 46.3 Å². The molecule has 0 aromatic rings. The van der Waals surface area contributed by atoms with Gasteiger partial charge in [-0.1, -0.05) is 6.08 Å². The molecule has 1 saturated heterocycles. The van der Waals surface area contributed by atoms with Crippen LogP contribution >= 0.6 is 0 Å². The van der Waals surface area contributed by atoms with E-state index in [0.29, 0.717) is 12.5 Å². The number of hydrogen-bond donors (Lipinski definition) is 1. The highest BCUT2D eigenvalue weighted by atomic mass is 16.2. The Balaban J connectivity index is 2.46. The summed E-state index contributed by atoms with van der Waals surface area (Å²) in [6.45, 7) is 4.28. The first-order valence-electron chi connectivity index (χ1n) is 4.89. The first kappa shape index (κ1) is 10.3. The minimum Gasteiger partial charge on any atom is -0.339 e. The molecule has 3 heteroatoms. The van der Waals surface area contributed by atoms with Gasteiger partial charge >= 0.3 is 0 Å². The lowest BCUT2D eigenvalue weighted by Crippen LogP contribution is -2.41. The van der Waals surface area contributed by atoms with Crippen molar-refractivity contribution < 1.29 is 4.79 Å². The van der Waals surface area contributed by atoms with Crippen LogP contribution in [0.2, 0.25) is 0 Å². The van der Waals surface area contributed by atoms with Gasteiger partial charge in [-0.2, -0.15) is 0 Å². The van der Waals surface area contributed by atoms with Crippen molar-refractivity contribution in [3.63, 3.8) is 0 Å². The fourth-order valence-corrected chi connectivity index (χ4v) is 1.71. The Kier molecular flexibility index (Phi) is 3.96. The lowest BCUT2D eigenvalue weighted by Gasteiger charge is -2.31. The van der Waals surface area contributed by atoms with Crippen molar-refractivity contribution in [2.45, 2.75) is 19.8 Å². The summed E-state index contributed by atoms with van der Waals surface area (Å²) < 4.78 is 0. The molecule has 0 aromatic heterocycles. The molecule has 0 aliphatic carbocycles. The molecule has 1 aliphatic heterocycles. The fourth-order valence-electron chi connectivity index (χ4n) is 1.71. The maximum Gasteiger partial charge on any atom is 0.246 e. The van der Waals surface area contributed by atoms with E-state index in [2.05, 4.69) is 0 Å². The molecule has 0 aromatic carbocycles. The second-order valence-corrected chi connectivity index (χ2v) is 3.53. The number of likely N-dealkylation sites (tertiary alicyclic amines) is 1. The number of nitrogens with two attached hydrogens (primary N) is 1. The van der Waals surface area contributed by atoms with E-state index in [1.807, 2.05) is 11.8 Å². The third-order valence-electron chi connectivity index (χ3n) is 2.47. The van der Waals surface area contributed by atoms with Gasteiger partial charge in [-0.05, 0) is 38.3 Å². The summed E-state index contributed by atoms with van der Waals surface area (Å²) in [6, 6.07) is 0. The van der Waals surface area contributed by atoms with E-state index in [1.54, 1.807) is 12.2 Å². The SMILES string of the molecule is C/C=C/C(=O)N1CCCC(CN)C1. The van der Waals surface area contributed by atoms with Crippen molar-refractivity contribution in [3.05, 3.63) is 12.2 Å². The molecule has 0 spiro atoms. The number of piperidine rings is 1. The number of carbonyl (C=O) groups excluding carboxylic acids is 1. The monoisotopic (exact) mass is 182 g/mol. The van der Waals surface area contributed by atoms with Crippen LogP contribution in [0.4, 0.5) is 0 Å². The predicted molar refractivity (Wildman–Crippen MR) is 53.2 cm³/mol. The van der Waals surface area contributed by atoms with Crippen LogP contribution in [0.5, 0.6) is 0 Å². The largest absolute Gasteiger partial charge is 0.339 e. The van der Waals surface area contributed by atoms with Crippen LogP contribution in [-0.4, -0.2) is 30.4 Å². The normalized spacial score (nSPS) is 23.8. The number of nitrogens with zero attached hydrogens (tertiary/aromatic N) is 1. The summed E-state index contributed by atoms with van der Waals surface area (Å²) in [5.74, 6) is 0.628. The van der Waals surface area contributed by atoms with E-state index in [9.17, 15) is 4.79 Å². The average Bonchev–Trinajstić information content (AvgIpc) is 2.18. The van der Waals surface area contributed by atoms with Gasteiger partial charge in [0.15, 0.2) is 0 Å². The van der Waals surface area contributed by atoms with E-state index >= 15 is 0 Å². The van der Waals surface area contributed by atoms with Crippen LogP contribution < -0.4 is 5.73 Å². The molecule has 1 atom stereocenters. The molecule has 1 fully saturated rings. The minimum atomic E-state index is 0.126. The van der Waals surface area contributed by atoms with Crippen LogP contribution in [0.1, 0.15) is 19.8 Å². The van der Waals surface area contributed by atoms with E-state index in [1.165, 1.54) is 0 Å². The van der Waals surface area contributed by atoms with Crippen molar-refractivity contribution in [2.24, 2.45) is 11.7 Å². The zero-order valence-corrected chi connectivity index (χ0v) is 8.20. The van der Waals surface area contributed by atoms with Crippen LogP contribution in [-0.2, 0) is 4.79 Å². The highest BCUT2D eigenvalue weighted by Gasteiger charge is 2.20. The van der Waals surface area contributed by atoms with Gasteiger partial charge in [0.05, 0.1) is 0 Å². The van der Waals surface area contributed by atoms with Gasteiger partial charge in [-0.3, -0.25) is 4.79 Å². The minimum absolute atomic E-state index is 0.126. The molecule has 0 saturated carbocycles. The molecule has 1 aliphatic rings. The van der Waals surface area contributed by atoms with Gasteiger partial charge in [0.25, 0.3) is 0 Å². The Morgan fingerprint density at radius 2 is 2.46 bits per heavy atom. The van der Waals surface area contributed by atoms with Crippen LogP contribution in [0.15, 0.2) is 12.2 Å².